The van der Waals surface area contributed by atoms with Crippen molar-refractivity contribution in [3.63, 3.8) is 0 Å². The Hall–Kier alpha value is -1.84. The van der Waals surface area contributed by atoms with Crippen LogP contribution in [0.4, 0.5) is 0 Å². The highest BCUT2D eigenvalue weighted by molar-refractivity contribution is 5.94. The van der Waals surface area contributed by atoms with Gasteiger partial charge in [-0.2, -0.15) is 0 Å². The first-order valence-electron chi connectivity index (χ1n) is 6.58. The Morgan fingerprint density at radius 2 is 1.79 bits per heavy atom. The van der Waals surface area contributed by atoms with Crippen LogP contribution in [0.1, 0.15) is 43.1 Å². The predicted molar refractivity (Wildman–Crippen MR) is 74.2 cm³/mol. The molecule has 104 valence electrons. The monoisotopic (exact) mass is 263 g/mol. The average Bonchev–Trinajstić information content (AvgIpc) is 2.38. The highest BCUT2D eigenvalue weighted by atomic mass is 16.4. The fraction of sp³-hybridized carbons (Fsp3) is 0.467. The number of aryl methyl sites for hydroxylation is 1. The number of carbonyl (C=O) groups excluding carboxylic acids is 1. The van der Waals surface area contributed by atoms with Gasteiger partial charge in [-0.1, -0.05) is 25.5 Å². The van der Waals surface area contributed by atoms with Gasteiger partial charge in [0.2, 0.25) is 0 Å². The van der Waals surface area contributed by atoms with Crippen molar-refractivity contribution in [3.05, 3.63) is 35.4 Å². The van der Waals surface area contributed by atoms with E-state index in [1.54, 1.807) is 26.0 Å². The van der Waals surface area contributed by atoms with Gasteiger partial charge in [0.05, 0.1) is 5.92 Å². The second-order valence-electron chi connectivity index (χ2n) is 4.84. The van der Waals surface area contributed by atoms with E-state index in [1.807, 2.05) is 12.1 Å². The number of amides is 1. The van der Waals surface area contributed by atoms with E-state index in [2.05, 4.69) is 12.2 Å². The van der Waals surface area contributed by atoms with Crippen molar-refractivity contribution in [2.24, 2.45) is 5.92 Å². The summed E-state index contributed by atoms with van der Waals surface area (Å²) in [6.45, 7) is 5.38. The van der Waals surface area contributed by atoms with Crippen molar-refractivity contribution in [2.75, 3.05) is 0 Å². The number of carbonyl (C=O) groups is 2. The lowest BCUT2D eigenvalue weighted by Crippen LogP contribution is -2.40. The number of rotatable bonds is 6. The molecule has 19 heavy (non-hydrogen) atoms. The minimum atomic E-state index is -0.911. The molecule has 1 amide bonds. The number of nitrogens with one attached hydrogen (secondary N) is 1. The van der Waals surface area contributed by atoms with Crippen LogP contribution < -0.4 is 5.32 Å². The average molecular weight is 263 g/mol. The molecule has 0 heterocycles. The van der Waals surface area contributed by atoms with Gasteiger partial charge in [-0.15, -0.1) is 0 Å². The van der Waals surface area contributed by atoms with Crippen molar-refractivity contribution in [3.8, 4) is 0 Å². The molecule has 4 heteroatoms. The van der Waals surface area contributed by atoms with Crippen molar-refractivity contribution in [2.45, 2.75) is 39.7 Å². The Bertz CT molecular complexity index is 439. The number of carboxylic acids is 1. The highest BCUT2D eigenvalue weighted by Gasteiger charge is 2.21. The third-order valence-electron chi connectivity index (χ3n) is 3.25. The van der Waals surface area contributed by atoms with Crippen molar-refractivity contribution < 1.29 is 14.7 Å². The third-order valence-corrected chi connectivity index (χ3v) is 3.25. The molecule has 0 aliphatic rings. The predicted octanol–water partition coefficient (Wildman–Crippen LogP) is 2.48. The molecule has 2 N–H and O–H groups in total. The topological polar surface area (TPSA) is 66.4 Å². The van der Waals surface area contributed by atoms with E-state index in [0.29, 0.717) is 5.56 Å². The normalized spacial score (nSPS) is 13.6. The molecule has 0 aliphatic carbocycles. The Labute approximate surface area is 113 Å². The van der Waals surface area contributed by atoms with Crippen LogP contribution in [-0.2, 0) is 11.2 Å². The van der Waals surface area contributed by atoms with Gasteiger partial charge < -0.3 is 10.4 Å². The first kappa shape index (κ1) is 15.2. The minimum Gasteiger partial charge on any atom is -0.481 e. The maximum Gasteiger partial charge on any atom is 0.308 e. The molecule has 0 saturated heterocycles. The smallest absolute Gasteiger partial charge is 0.308 e. The summed E-state index contributed by atoms with van der Waals surface area (Å²) in [5.74, 6) is -1.75. The van der Waals surface area contributed by atoms with Crippen molar-refractivity contribution in [1.82, 2.24) is 5.32 Å². The summed E-state index contributed by atoms with van der Waals surface area (Å²) >= 11 is 0. The van der Waals surface area contributed by atoms with Crippen LogP contribution in [0.2, 0.25) is 0 Å². The van der Waals surface area contributed by atoms with E-state index in [1.165, 1.54) is 5.56 Å². The van der Waals surface area contributed by atoms with Crippen molar-refractivity contribution in [1.29, 1.82) is 0 Å². The van der Waals surface area contributed by atoms with Crippen LogP contribution in [0.25, 0.3) is 0 Å². The molecule has 1 aromatic carbocycles. The van der Waals surface area contributed by atoms with Crippen LogP contribution in [-0.4, -0.2) is 23.0 Å². The van der Waals surface area contributed by atoms with E-state index >= 15 is 0 Å². The Balaban J connectivity index is 2.65. The Morgan fingerprint density at radius 1 is 1.21 bits per heavy atom. The van der Waals surface area contributed by atoms with Gasteiger partial charge in [-0.25, -0.2) is 0 Å². The molecule has 1 aromatic rings. The zero-order valence-corrected chi connectivity index (χ0v) is 11.6. The number of benzene rings is 1. The summed E-state index contributed by atoms with van der Waals surface area (Å²) in [7, 11) is 0. The quantitative estimate of drug-likeness (QED) is 0.828. The number of carboxylic acid groups (broad SMARTS) is 1. The van der Waals surface area contributed by atoms with Gasteiger partial charge in [-0.05, 0) is 38.0 Å². The zero-order chi connectivity index (χ0) is 14.4. The van der Waals surface area contributed by atoms with Gasteiger partial charge in [0.1, 0.15) is 0 Å². The summed E-state index contributed by atoms with van der Waals surface area (Å²) in [5, 5.41) is 11.6. The second kappa shape index (κ2) is 6.92. The summed E-state index contributed by atoms with van der Waals surface area (Å²) in [6, 6.07) is 7.02. The molecular formula is C15H21NO3. The first-order chi connectivity index (χ1) is 8.95. The fourth-order valence-corrected chi connectivity index (χ4v) is 1.74. The number of hydrogen-bond acceptors (Lipinski definition) is 2. The van der Waals surface area contributed by atoms with Crippen LogP contribution in [0.3, 0.4) is 0 Å². The molecule has 2 unspecified atom stereocenters. The molecule has 0 bridgehead atoms. The molecule has 0 radical (unpaired) electrons. The molecule has 0 spiro atoms. The van der Waals surface area contributed by atoms with E-state index in [0.717, 1.165) is 12.8 Å². The van der Waals surface area contributed by atoms with Crippen molar-refractivity contribution >= 4 is 11.9 Å². The van der Waals surface area contributed by atoms with Crippen LogP contribution >= 0.6 is 0 Å². The molecule has 0 fully saturated rings. The fourth-order valence-electron chi connectivity index (χ4n) is 1.74. The van der Waals surface area contributed by atoms with Crippen LogP contribution in [0, 0.1) is 5.92 Å². The molecule has 2 atom stereocenters. The van der Waals surface area contributed by atoms with Gasteiger partial charge in [0.15, 0.2) is 0 Å². The number of aliphatic carboxylic acids is 1. The lowest BCUT2D eigenvalue weighted by Gasteiger charge is -2.17. The number of hydrogen-bond donors (Lipinski definition) is 2. The lowest BCUT2D eigenvalue weighted by atomic mass is 10.0. The summed E-state index contributed by atoms with van der Waals surface area (Å²) < 4.78 is 0. The standard InChI is InChI=1S/C15H21NO3/c1-4-5-12-6-8-13(9-7-12)14(17)16-11(3)10(2)15(18)19/h6-11H,4-5H2,1-3H3,(H,16,17)(H,18,19). The zero-order valence-electron chi connectivity index (χ0n) is 11.6. The molecular weight excluding hydrogens is 242 g/mol. The molecule has 0 saturated carbocycles. The van der Waals surface area contributed by atoms with Gasteiger partial charge in [0.25, 0.3) is 5.91 Å². The molecule has 0 aromatic heterocycles. The van der Waals surface area contributed by atoms with E-state index in [-0.39, 0.29) is 5.91 Å². The SMILES string of the molecule is CCCc1ccc(C(=O)NC(C)C(C)C(=O)O)cc1. The van der Waals surface area contributed by atoms with Gasteiger partial charge in [-0.3, -0.25) is 9.59 Å². The highest BCUT2D eigenvalue weighted by Crippen LogP contribution is 2.08. The maximum atomic E-state index is 11.9. The van der Waals surface area contributed by atoms with Crippen LogP contribution in [0.5, 0.6) is 0 Å². The lowest BCUT2D eigenvalue weighted by molar-refractivity contribution is -0.141. The summed E-state index contributed by atoms with van der Waals surface area (Å²) in [4.78, 5) is 22.8. The third kappa shape index (κ3) is 4.39. The molecule has 1 rings (SSSR count). The Morgan fingerprint density at radius 3 is 2.26 bits per heavy atom. The van der Waals surface area contributed by atoms with E-state index in [9.17, 15) is 9.59 Å². The second-order valence-corrected chi connectivity index (χ2v) is 4.84. The maximum absolute atomic E-state index is 11.9. The Kier molecular flexibility index (Phi) is 5.55. The van der Waals surface area contributed by atoms with Gasteiger partial charge in [0, 0.05) is 11.6 Å². The van der Waals surface area contributed by atoms with E-state index < -0.39 is 17.9 Å². The van der Waals surface area contributed by atoms with E-state index in [4.69, 9.17) is 5.11 Å². The minimum absolute atomic E-state index is 0.233. The molecule has 4 nitrogen and oxygen atoms in total. The first-order valence-corrected chi connectivity index (χ1v) is 6.58. The molecule has 0 aliphatic heterocycles. The van der Waals surface area contributed by atoms with Crippen LogP contribution in [0.15, 0.2) is 24.3 Å². The summed E-state index contributed by atoms with van der Waals surface area (Å²) in [5.41, 5.74) is 1.76. The summed E-state index contributed by atoms with van der Waals surface area (Å²) in [6.07, 6.45) is 2.06. The largest absolute Gasteiger partial charge is 0.481 e. The van der Waals surface area contributed by atoms with Gasteiger partial charge >= 0.3 is 5.97 Å².